The molecule has 0 saturated heterocycles. The lowest BCUT2D eigenvalue weighted by Gasteiger charge is -2.45. The highest BCUT2D eigenvalue weighted by atomic mass is 16.5. The summed E-state index contributed by atoms with van der Waals surface area (Å²) in [7, 11) is 1.72. The topological polar surface area (TPSA) is 26.3 Å². The number of methoxy groups -OCH3 is 1. The molecule has 0 spiro atoms. The van der Waals surface area contributed by atoms with Crippen molar-refractivity contribution in [2.24, 2.45) is 28.6 Å². The van der Waals surface area contributed by atoms with Crippen LogP contribution in [0.15, 0.2) is 0 Å². The van der Waals surface area contributed by atoms with E-state index in [0.717, 1.165) is 18.8 Å². The minimum atomic E-state index is -0.120. The van der Waals surface area contributed by atoms with E-state index in [1.165, 1.54) is 25.7 Å². The van der Waals surface area contributed by atoms with E-state index in [1.54, 1.807) is 7.11 Å². The van der Waals surface area contributed by atoms with Crippen molar-refractivity contribution in [2.45, 2.75) is 65.4 Å². The zero-order valence-corrected chi connectivity index (χ0v) is 12.9. The van der Waals surface area contributed by atoms with Crippen molar-refractivity contribution in [1.82, 2.24) is 0 Å². The van der Waals surface area contributed by atoms with Gasteiger partial charge in [0.1, 0.15) is 6.10 Å². The number of fused-ring (bicyclic) bond motifs is 2. The molecule has 2 nitrogen and oxygen atoms in total. The fraction of sp³-hybridized carbons (Fsp3) is 0.941. The Labute approximate surface area is 117 Å². The maximum atomic E-state index is 12.1. The Bertz CT molecular complexity index is 387. The zero-order valence-electron chi connectivity index (χ0n) is 12.9. The number of carbonyl (C=O) groups is 1. The van der Waals surface area contributed by atoms with E-state index in [4.69, 9.17) is 4.74 Å². The van der Waals surface area contributed by atoms with Gasteiger partial charge >= 0.3 is 0 Å². The highest BCUT2D eigenvalue weighted by molar-refractivity contribution is 5.84. The monoisotopic (exact) mass is 264 g/mol. The van der Waals surface area contributed by atoms with E-state index < -0.39 is 0 Å². The minimum absolute atomic E-state index is 0.120. The van der Waals surface area contributed by atoms with Crippen LogP contribution < -0.4 is 0 Å². The number of rotatable bonds is 2. The fourth-order valence-corrected chi connectivity index (χ4v) is 5.68. The third-order valence-electron chi connectivity index (χ3n) is 7.30. The second-order valence-corrected chi connectivity index (χ2v) is 7.90. The molecule has 2 unspecified atom stereocenters. The molecule has 0 heterocycles. The summed E-state index contributed by atoms with van der Waals surface area (Å²) in [6.45, 7) is 7.39. The smallest absolute Gasteiger partial charge is 0.161 e. The summed E-state index contributed by atoms with van der Waals surface area (Å²) in [4.78, 5) is 12.1. The van der Waals surface area contributed by atoms with Crippen LogP contribution in [0.2, 0.25) is 0 Å². The van der Waals surface area contributed by atoms with Crippen LogP contribution >= 0.6 is 0 Å². The van der Waals surface area contributed by atoms with Crippen LogP contribution in [0, 0.1) is 28.6 Å². The lowest BCUT2D eigenvalue weighted by Crippen LogP contribution is -2.45. The first-order valence-electron chi connectivity index (χ1n) is 7.97. The standard InChI is InChI=1S/C17H28O2/c1-16(2)11-8-9-17(16,3)13(10-11)12-6-5-7-14(18)15(12)19-4/h11-13,15H,5-10H2,1-4H3/t11-,12?,13+,15?,17+/m0/s1. The molecule has 0 amide bonds. The first-order chi connectivity index (χ1) is 8.91. The molecule has 0 aromatic heterocycles. The molecule has 0 aromatic carbocycles. The molecule has 3 rings (SSSR count). The van der Waals surface area contributed by atoms with E-state index in [0.29, 0.717) is 28.4 Å². The van der Waals surface area contributed by atoms with Gasteiger partial charge in [-0.2, -0.15) is 0 Å². The molecule has 0 aliphatic heterocycles. The quantitative estimate of drug-likeness (QED) is 0.757. The first kappa shape index (κ1) is 13.6. The summed E-state index contributed by atoms with van der Waals surface area (Å²) >= 11 is 0. The Morgan fingerprint density at radius 1 is 1.21 bits per heavy atom. The third kappa shape index (κ3) is 1.68. The average molecular weight is 264 g/mol. The molecule has 3 fully saturated rings. The van der Waals surface area contributed by atoms with Crippen molar-refractivity contribution in [3.63, 3.8) is 0 Å². The molecule has 0 aromatic rings. The number of carbonyl (C=O) groups excluding carboxylic acids is 1. The minimum Gasteiger partial charge on any atom is -0.373 e. The van der Waals surface area contributed by atoms with Crippen LogP contribution in [0.4, 0.5) is 0 Å². The van der Waals surface area contributed by atoms with Gasteiger partial charge in [-0.15, -0.1) is 0 Å². The van der Waals surface area contributed by atoms with Crippen molar-refractivity contribution in [1.29, 1.82) is 0 Å². The Morgan fingerprint density at radius 3 is 2.47 bits per heavy atom. The van der Waals surface area contributed by atoms with Crippen LogP contribution in [0.25, 0.3) is 0 Å². The van der Waals surface area contributed by atoms with E-state index in [9.17, 15) is 4.79 Å². The molecular formula is C17H28O2. The fourth-order valence-electron chi connectivity index (χ4n) is 5.68. The third-order valence-corrected chi connectivity index (χ3v) is 7.30. The van der Waals surface area contributed by atoms with E-state index in [-0.39, 0.29) is 6.10 Å². The van der Waals surface area contributed by atoms with E-state index >= 15 is 0 Å². The van der Waals surface area contributed by atoms with Gasteiger partial charge in [-0.3, -0.25) is 4.79 Å². The van der Waals surface area contributed by atoms with Crippen molar-refractivity contribution in [3.05, 3.63) is 0 Å². The molecule has 2 heteroatoms. The largest absolute Gasteiger partial charge is 0.373 e. The maximum absolute atomic E-state index is 12.1. The summed E-state index contributed by atoms with van der Waals surface area (Å²) < 4.78 is 5.60. The molecule has 3 aliphatic rings. The van der Waals surface area contributed by atoms with Gasteiger partial charge < -0.3 is 4.74 Å². The summed E-state index contributed by atoms with van der Waals surface area (Å²) in [5, 5.41) is 0. The van der Waals surface area contributed by atoms with Crippen LogP contribution in [0.3, 0.4) is 0 Å². The van der Waals surface area contributed by atoms with Gasteiger partial charge in [0.15, 0.2) is 5.78 Å². The molecule has 0 radical (unpaired) electrons. The SMILES string of the molecule is COC1C(=O)CCCC1[C@H]1C[C@@H]2CC[C@@]1(C)C2(C)C. The van der Waals surface area contributed by atoms with Crippen LogP contribution in [-0.4, -0.2) is 19.0 Å². The normalized spacial score (nSPS) is 48.7. The lowest BCUT2D eigenvalue weighted by molar-refractivity contribution is -0.139. The van der Waals surface area contributed by atoms with Gasteiger partial charge in [0, 0.05) is 13.5 Å². The summed E-state index contributed by atoms with van der Waals surface area (Å²) in [5.74, 6) is 2.37. The molecule has 5 atom stereocenters. The Kier molecular flexibility index (Phi) is 3.09. The Balaban J connectivity index is 1.89. The van der Waals surface area contributed by atoms with Crippen molar-refractivity contribution in [2.75, 3.05) is 7.11 Å². The number of hydrogen-bond acceptors (Lipinski definition) is 2. The second-order valence-electron chi connectivity index (χ2n) is 7.90. The van der Waals surface area contributed by atoms with Gasteiger partial charge in [-0.1, -0.05) is 20.8 Å². The van der Waals surface area contributed by atoms with Crippen molar-refractivity contribution >= 4 is 5.78 Å². The Hall–Kier alpha value is -0.370. The van der Waals surface area contributed by atoms with Gasteiger partial charge in [0.25, 0.3) is 0 Å². The second kappa shape index (κ2) is 4.31. The molecule has 3 aliphatic carbocycles. The highest BCUT2D eigenvalue weighted by Gasteiger charge is 2.63. The van der Waals surface area contributed by atoms with Gasteiger partial charge in [0.05, 0.1) is 0 Å². The van der Waals surface area contributed by atoms with Crippen molar-refractivity contribution < 1.29 is 9.53 Å². The number of hydrogen-bond donors (Lipinski definition) is 0. The molecule has 0 N–H and O–H groups in total. The number of ether oxygens (including phenoxy) is 1. The zero-order chi connectivity index (χ0) is 13.8. The highest BCUT2D eigenvalue weighted by Crippen LogP contribution is 2.70. The van der Waals surface area contributed by atoms with Gasteiger partial charge in [0.2, 0.25) is 0 Å². The van der Waals surface area contributed by atoms with Crippen LogP contribution in [-0.2, 0) is 9.53 Å². The number of ketones is 1. The molecular weight excluding hydrogens is 236 g/mol. The molecule has 108 valence electrons. The lowest BCUT2D eigenvalue weighted by atomic mass is 9.60. The summed E-state index contributed by atoms with van der Waals surface area (Å²) in [5.41, 5.74) is 0.854. The van der Waals surface area contributed by atoms with Crippen LogP contribution in [0.1, 0.15) is 59.3 Å². The van der Waals surface area contributed by atoms with Crippen molar-refractivity contribution in [3.8, 4) is 0 Å². The van der Waals surface area contributed by atoms with Crippen LogP contribution in [0.5, 0.6) is 0 Å². The summed E-state index contributed by atoms with van der Waals surface area (Å²) in [6.07, 6.45) is 6.92. The number of Topliss-reactive ketones (excluding diaryl/α,β-unsaturated/α-hetero) is 1. The van der Waals surface area contributed by atoms with E-state index in [1.807, 2.05) is 0 Å². The predicted molar refractivity (Wildman–Crippen MR) is 75.9 cm³/mol. The molecule has 2 bridgehead atoms. The molecule has 3 saturated carbocycles. The van der Waals surface area contributed by atoms with E-state index in [2.05, 4.69) is 20.8 Å². The van der Waals surface area contributed by atoms with Gasteiger partial charge in [-0.25, -0.2) is 0 Å². The predicted octanol–water partition coefficient (Wildman–Crippen LogP) is 3.83. The average Bonchev–Trinajstić information content (AvgIpc) is 2.70. The Morgan fingerprint density at radius 2 is 1.95 bits per heavy atom. The maximum Gasteiger partial charge on any atom is 0.161 e. The van der Waals surface area contributed by atoms with Gasteiger partial charge in [-0.05, 0) is 60.7 Å². The molecule has 19 heavy (non-hydrogen) atoms. The first-order valence-corrected chi connectivity index (χ1v) is 7.97. The summed E-state index contributed by atoms with van der Waals surface area (Å²) in [6, 6.07) is 0.